The van der Waals surface area contributed by atoms with Gasteiger partial charge in [0.2, 0.25) is 11.8 Å². The van der Waals surface area contributed by atoms with Crippen LogP contribution in [-0.2, 0) is 16.2 Å². The van der Waals surface area contributed by atoms with Crippen molar-refractivity contribution in [3.05, 3.63) is 87.9 Å². The standard InChI is InChI=1S/C26H23BrN4O4/c1-2-34-23-13-18(12-22(27)26(23)35-17-20-9-7-6-8-19(20)15-28)16-29-31-25(33)14-24(32)30-21-10-4-3-5-11-21/h3-13,16H,2,14,17H2,1H3,(H,30,32)(H,31,33). The number of hydrazone groups is 1. The van der Waals surface area contributed by atoms with Crippen LogP contribution in [0.25, 0.3) is 0 Å². The third-order valence-corrected chi connectivity index (χ3v) is 5.21. The second kappa shape index (κ2) is 12.9. The predicted molar refractivity (Wildman–Crippen MR) is 136 cm³/mol. The Morgan fingerprint density at radius 2 is 1.80 bits per heavy atom. The molecule has 0 atom stereocenters. The summed E-state index contributed by atoms with van der Waals surface area (Å²) in [7, 11) is 0. The quantitative estimate of drug-likeness (QED) is 0.221. The lowest BCUT2D eigenvalue weighted by molar-refractivity contribution is -0.126. The highest BCUT2D eigenvalue weighted by Crippen LogP contribution is 2.37. The summed E-state index contributed by atoms with van der Waals surface area (Å²) in [5.74, 6) is -0.0238. The molecule has 0 aliphatic heterocycles. The zero-order valence-corrected chi connectivity index (χ0v) is 20.5. The molecule has 0 saturated carbocycles. The molecule has 178 valence electrons. The van der Waals surface area contributed by atoms with E-state index < -0.39 is 11.8 Å². The first kappa shape index (κ1) is 25.5. The van der Waals surface area contributed by atoms with E-state index >= 15 is 0 Å². The third kappa shape index (κ3) is 7.69. The number of carbonyl (C=O) groups excluding carboxylic acids is 2. The number of para-hydroxylation sites is 1. The molecule has 0 saturated heterocycles. The summed E-state index contributed by atoms with van der Waals surface area (Å²) in [4.78, 5) is 24.0. The van der Waals surface area contributed by atoms with Crippen LogP contribution in [0.3, 0.4) is 0 Å². The number of carbonyl (C=O) groups is 2. The van der Waals surface area contributed by atoms with Gasteiger partial charge in [-0.3, -0.25) is 9.59 Å². The molecule has 0 radical (unpaired) electrons. The van der Waals surface area contributed by atoms with Crippen molar-refractivity contribution < 1.29 is 19.1 Å². The molecule has 0 heterocycles. The minimum atomic E-state index is -0.546. The zero-order valence-electron chi connectivity index (χ0n) is 19.0. The lowest BCUT2D eigenvalue weighted by Crippen LogP contribution is -2.24. The fourth-order valence-corrected chi connectivity index (χ4v) is 3.64. The molecule has 0 unspecified atom stereocenters. The molecule has 2 amide bonds. The molecule has 9 heteroatoms. The second-order valence-corrected chi connectivity index (χ2v) is 8.06. The van der Waals surface area contributed by atoms with Gasteiger partial charge in [-0.1, -0.05) is 36.4 Å². The van der Waals surface area contributed by atoms with E-state index in [0.29, 0.717) is 39.4 Å². The maximum Gasteiger partial charge on any atom is 0.249 e. The molecule has 0 spiro atoms. The maximum atomic E-state index is 12.0. The molecule has 0 bridgehead atoms. The molecular weight excluding hydrogens is 512 g/mol. The van der Waals surface area contributed by atoms with E-state index in [2.05, 4.69) is 37.8 Å². The number of amides is 2. The number of halogens is 1. The van der Waals surface area contributed by atoms with Crippen LogP contribution < -0.4 is 20.2 Å². The number of nitrogens with zero attached hydrogens (tertiary/aromatic N) is 2. The van der Waals surface area contributed by atoms with E-state index in [1.165, 1.54) is 6.21 Å². The molecule has 3 aromatic rings. The van der Waals surface area contributed by atoms with Crippen molar-refractivity contribution in [2.45, 2.75) is 20.0 Å². The van der Waals surface area contributed by atoms with Gasteiger partial charge in [-0.05, 0) is 58.7 Å². The average molecular weight is 535 g/mol. The van der Waals surface area contributed by atoms with Crippen LogP contribution in [0, 0.1) is 11.3 Å². The van der Waals surface area contributed by atoms with Gasteiger partial charge in [0.1, 0.15) is 13.0 Å². The van der Waals surface area contributed by atoms with Crippen LogP contribution in [0.2, 0.25) is 0 Å². The van der Waals surface area contributed by atoms with Crippen molar-refractivity contribution >= 4 is 39.6 Å². The first-order chi connectivity index (χ1) is 17.0. The number of nitrogens with one attached hydrogen (secondary N) is 2. The van der Waals surface area contributed by atoms with E-state index in [9.17, 15) is 14.9 Å². The summed E-state index contributed by atoms with van der Waals surface area (Å²) in [5, 5.41) is 15.8. The normalized spacial score (nSPS) is 10.4. The first-order valence-electron chi connectivity index (χ1n) is 10.7. The molecule has 3 aromatic carbocycles. The predicted octanol–water partition coefficient (Wildman–Crippen LogP) is 4.78. The van der Waals surface area contributed by atoms with E-state index in [1.807, 2.05) is 25.1 Å². The van der Waals surface area contributed by atoms with Gasteiger partial charge in [-0.2, -0.15) is 10.4 Å². The Bertz CT molecular complexity index is 1260. The molecule has 0 aromatic heterocycles. The number of rotatable bonds is 10. The van der Waals surface area contributed by atoms with Crippen LogP contribution in [-0.4, -0.2) is 24.6 Å². The van der Waals surface area contributed by atoms with Gasteiger partial charge >= 0.3 is 0 Å². The van der Waals surface area contributed by atoms with Crippen LogP contribution >= 0.6 is 15.9 Å². The monoisotopic (exact) mass is 534 g/mol. The number of ether oxygens (including phenoxy) is 2. The fourth-order valence-electron chi connectivity index (χ4n) is 3.06. The molecule has 2 N–H and O–H groups in total. The van der Waals surface area contributed by atoms with Crippen LogP contribution in [0.5, 0.6) is 11.5 Å². The van der Waals surface area contributed by atoms with Gasteiger partial charge in [-0.15, -0.1) is 0 Å². The average Bonchev–Trinajstić information content (AvgIpc) is 2.84. The van der Waals surface area contributed by atoms with Gasteiger partial charge in [0, 0.05) is 11.3 Å². The molecule has 3 rings (SSSR count). The second-order valence-electron chi connectivity index (χ2n) is 7.20. The van der Waals surface area contributed by atoms with E-state index in [1.54, 1.807) is 48.5 Å². The highest BCUT2D eigenvalue weighted by atomic mass is 79.9. The van der Waals surface area contributed by atoms with E-state index in [0.717, 1.165) is 5.56 Å². The van der Waals surface area contributed by atoms with Crippen LogP contribution in [0.1, 0.15) is 30.0 Å². The Labute approximate surface area is 211 Å². The topological polar surface area (TPSA) is 113 Å². The summed E-state index contributed by atoms with van der Waals surface area (Å²) in [6.07, 6.45) is 1.08. The van der Waals surface area contributed by atoms with Crippen LogP contribution in [0.4, 0.5) is 5.69 Å². The van der Waals surface area contributed by atoms with Crippen molar-refractivity contribution in [1.82, 2.24) is 5.43 Å². The summed E-state index contributed by atoms with van der Waals surface area (Å²) < 4.78 is 12.3. The highest BCUT2D eigenvalue weighted by molar-refractivity contribution is 9.10. The van der Waals surface area contributed by atoms with Gasteiger partial charge in [0.25, 0.3) is 0 Å². The minimum absolute atomic E-state index is 0.191. The van der Waals surface area contributed by atoms with Crippen LogP contribution in [0.15, 0.2) is 76.3 Å². The van der Waals surface area contributed by atoms with Crippen molar-refractivity contribution in [3.63, 3.8) is 0 Å². The first-order valence-corrected chi connectivity index (χ1v) is 11.5. The molecular formula is C26H23BrN4O4. The van der Waals surface area contributed by atoms with E-state index in [-0.39, 0.29) is 13.0 Å². The molecule has 0 aliphatic rings. The number of hydrogen-bond acceptors (Lipinski definition) is 6. The third-order valence-electron chi connectivity index (χ3n) is 4.62. The number of nitriles is 1. The largest absolute Gasteiger partial charge is 0.490 e. The van der Waals surface area contributed by atoms with Crippen molar-refractivity contribution in [2.24, 2.45) is 5.10 Å². The molecule has 0 aliphatic carbocycles. The van der Waals surface area contributed by atoms with Crippen molar-refractivity contribution in [1.29, 1.82) is 5.26 Å². The van der Waals surface area contributed by atoms with Crippen molar-refractivity contribution in [2.75, 3.05) is 11.9 Å². The number of anilines is 1. The lowest BCUT2D eigenvalue weighted by Gasteiger charge is -2.15. The Hall–Kier alpha value is -4.16. The summed E-state index contributed by atoms with van der Waals surface area (Å²) in [6, 6.07) is 21.7. The fraction of sp³-hybridized carbons (Fsp3) is 0.154. The molecule has 35 heavy (non-hydrogen) atoms. The molecule has 0 fully saturated rings. The smallest absolute Gasteiger partial charge is 0.249 e. The summed E-state index contributed by atoms with van der Waals surface area (Å²) >= 11 is 3.49. The van der Waals surface area contributed by atoms with Crippen molar-refractivity contribution in [3.8, 4) is 17.6 Å². The number of hydrogen-bond donors (Lipinski definition) is 2. The van der Waals surface area contributed by atoms with Gasteiger partial charge in [-0.25, -0.2) is 5.43 Å². The SMILES string of the molecule is CCOc1cc(C=NNC(=O)CC(=O)Nc2ccccc2)cc(Br)c1OCc1ccccc1C#N. The lowest BCUT2D eigenvalue weighted by atomic mass is 10.1. The Morgan fingerprint density at radius 1 is 1.06 bits per heavy atom. The van der Waals surface area contributed by atoms with Gasteiger partial charge in [0.05, 0.1) is 28.9 Å². The Balaban J connectivity index is 1.62. The van der Waals surface area contributed by atoms with Gasteiger partial charge < -0.3 is 14.8 Å². The minimum Gasteiger partial charge on any atom is -0.490 e. The van der Waals surface area contributed by atoms with Gasteiger partial charge in [0.15, 0.2) is 11.5 Å². The van der Waals surface area contributed by atoms with E-state index in [4.69, 9.17) is 9.47 Å². The summed E-state index contributed by atoms with van der Waals surface area (Å²) in [5.41, 5.74) is 4.89. The Kier molecular flexibility index (Phi) is 9.39. The zero-order chi connectivity index (χ0) is 25.0. The maximum absolute atomic E-state index is 12.0. The molecule has 8 nitrogen and oxygen atoms in total. The Morgan fingerprint density at radius 3 is 2.54 bits per heavy atom. The summed E-state index contributed by atoms with van der Waals surface area (Å²) in [6.45, 7) is 2.45. The highest BCUT2D eigenvalue weighted by Gasteiger charge is 2.14. The number of benzene rings is 3.